The number of nitrogens with zero attached hydrogens (tertiary/aromatic N) is 1. The van der Waals surface area contributed by atoms with E-state index in [9.17, 15) is 13.2 Å². The molecule has 21 heavy (non-hydrogen) atoms. The van der Waals surface area contributed by atoms with Crippen LogP contribution in [0.15, 0.2) is 24.3 Å². The molecule has 1 unspecified atom stereocenters. The predicted octanol–water partition coefficient (Wildman–Crippen LogP) is 3.55. The van der Waals surface area contributed by atoms with Crippen molar-refractivity contribution in [1.82, 2.24) is 5.32 Å². The number of piperidine rings is 1. The van der Waals surface area contributed by atoms with E-state index in [0.717, 1.165) is 44.6 Å². The van der Waals surface area contributed by atoms with E-state index in [1.807, 2.05) is 6.07 Å². The van der Waals surface area contributed by atoms with Gasteiger partial charge in [0.2, 0.25) is 0 Å². The average molecular weight is 302 g/mol. The predicted molar refractivity (Wildman–Crippen MR) is 76.7 cm³/mol. The topological polar surface area (TPSA) is 24.5 Å². The van der Waals surface area contributed by atoms with Crippen molar-refractivity contribution < 1.29 is 17.9 Å². The first kappa shape index (κ1) is 15.9. The number of ether oxygens (including phenoxy) is 1. The molecule has 1 fully saturated rings. The van der Waals surface area contributed by atoms with Gasteiger partial charge in [0.25, 0.3) is 0 Å². The van der Waals surface area contributed by atoms with E-state index < -0.39 is 6.36 Å². The number of alkyl halides is 3. The zero-order chi connectivity index (χ0) is 15.3. The van der Waals surface area contributed by atoms with Gasteiger partial charge in [0.05, 0.1) is 0 Å². The second-order valence-electron chi connectivity index (χ2n) is 5.28. The van der Waals surface area contributed by atoms with Gasteiger partial charge in [-0.25, -0.2) is 0 Å². The third kappa shape index (κ3) is 5.12. The Morgan fingerprint density at radius 1 is 1.38 bits per heavy atom. The molecule has 3 nitrogen and oxygen atoms in total. The van der Waals surface area contributed by atoms with Crippen molar-refractivity contribution in [3.05, 3.63) is 24.3 Å². The Balaban J connectivity index is 2.02. The van der Waals surface area contributed by atoms with Gasteiger partial charge in [0.15, 0.2) is 0 Å². The average Bonchev–Trinajstić information content (AvgIpc) is 2.44. The lowest BCUT2D eigenvalue weighted by Crippen LogP contribution is -2.46. The first-order chi connectivity index (χ1) is 9.98. The highest BCUT2D eigenvalue weighted by atomic mass is 19.4. The summed E-state index contributed by atoms with van der Waals surface area (Å²) in [6, 6.07) is 6.60. The SMILES string of the molecule is CCCNC1CCCN(c2cccc(OC(F)(F)F)c2)C1. The maximum Gasteiger partial charge on any atom is 0.573 e. The van der Waals surface area contributed by atoms with E-state index in [4.69, 9.17) is 0 Å². The van der Waals surface area contributed by atoms with Gasteiger partial charge in [-0.2, -0.15) is 0 Å². The van der Waals surface area contributed by atoms with Crippen molar-refractivity contribution in [2.24, 2.45) is 0 Å². The summed E-state index contributed by atoms with van der Waals surface area (Å²) in [6.45, 7) is 4.76. The number of anilines is 1. The minimum Gasteiger partial charge on any atom is -0.406 e. The van der Waals surface area contributed by atoms with Crippen LogP contribution in [0.4, 0.5) is 18.9 Å². The van der Waals surface area contributed by atoms with Gasteiger partial charge in [0, 0.05) is 30.9 Å². The van der Waals surface area contributed by atoms with E-state index in [2.05, 4.69) is 21.9 Å². The van der Waals surface area contributed by atoms with Crippen LogP contribution in [0.25, 0.3) is 0 Å². The van der Waals surface area contributed by atoms with Crippen molar-refractivity contribution in [2.75, 3.05) is 24.5 Å². The van der Waals surface area contributed by atoms with Crippen molar-refractivity contribution in [3.8, 4) is 5.75 Å². The molecule has 6 heteroatoms. The summed E-state index contributed by atoms with van der Waals surface area (Å²) in [4.78, 5) is 2.11. The lowest BCUT2D eigenvalue weighted by Gasteiger charge is -2.35. The third-order valence-corrected chi connectivity index (χ3v) is 3.52. The smallest absolute Gasteiger partial charge is 0.406 e. The van der Waals surface area contributed by atoms with E-state index >= 15 is 0 Å². The monoisotopic (exact) mass is 302 g/mol. The molecule has 1 aromatic carbocycles. The van der Waals surface area contributed by atoms with Gasteiger partial charge in [0.1, 0.15) is 5.75 Å². The van der Waals surface area contributed by atoms with E-state index in [1.165, 1.54) is 12.1 Å². The van der Waals surface area contributed by atoms with Crippen LogP contribution in [-0.2, 0) is 0 Å². The fraction of sp³-hybridized carbons (Fsp3) is 0.600. The number of hydrogen-bond donors (Lipinski definition) is 1. The fourth-order valence-corrected chi connectivity index (χ4v) is 2.60. The van der Waals surface area contributed by atoms with Gasteiger partial charge in [-0.1, -0.05) is 13.0 Å². The first-order valence-electron chi connectivity index (χ1n) is 7.32. The molecule has 1 aliphatic rings. The summed E-state index contributed by atoms with van der Waals surface area (Å²) in [5.41, 5.74) is 0.778. The number of hydrogen-bond acceptors (Lipinski definition) is 3. The Labute approximate surface area is 123 Å². The molecule has 0 radical (unpaired) electrons. The first-order valence-corrected chi connectivity index (χ1v) is 7.32. The maximum absolute atomic E-state index is 12.3. The zero-order valence-electron chi connectivity index (χ0n) is 12.1. The minimum absolute atomic E-state index is 0.163. The Morgan fingerprint density at radius 2 is 2.19 bits per heavy atom. The molecule has 1 aromatic rings. The summed E-state index contributed by atoms with van der Waals surface area (Å²) in [6.07, 6.45) is -1.43. The molecule has 1 heterocycles. The maximum atomic E-state index is 12.3. The van der Waals surface area contributed by atoms with Gasteiger partial charge >= 0.3 is 6.36 Å². The molecule has 1 atom stereocenters. The summed E-state index contributed by atoms with van der Waals surface area (Å²) in [5.74, 6) is -0.163. The van der Waals surface area contributed by atoms with Crippen LogP contribution in [0.2, 0.25) is 0 Å². The van der Waals surface area contributed by atoms with Crippen LogP contribution in [0.3, 0.4) is 0 Å². The molecule has 118 valence electrons. The number of benzene rings is 1. The minimum atomic E-state index is -4.65. The standard InChI is InChI=1S/C15H21F3N2O/c1-2-8-19-12-5-4-9-20(11-12)13-6-3-7-14(10-13)21-15(16,17)18/h3,6-7,10,12,19H,2,4-5,8-9,11H2,1H3. The number of rotatable bonds is 5. The van der Waals surface area contributed by atoms with Crippen LogP contribution in [0.1, 0.15) is 26.2 Å². The van der Waals surface area contributed by atoms with E-state index in [0.29, 0.717) is 6.04 Å². The second-order valence-corrected chi connectivity index (χ2v) is 5.28. The Bertz CT molecular complexity index is 451. The van der Waals surface area contributed by atoms with Gasteiger partial charge in [-0.05, 0) is 37.9 Å². The highest BCUT2D eigenvalue weighted by Crippen LogP contribution is 2.28. The van der Waals surface area contributed by atoms with E-state index in [1.54, 1.807) is 6.07 Å². The molecule has 0 saturated carbocycles. The Morgan fingerprint density at radius 3 is 2.90 bits per heavy atom. The molecule has 0 bridgehead atoms. The zero-order valence-corrected chi connectivity index (χ0v) is 12.1. The third-order valence-electron chi connectivity index (χ3n) is 3.52. The Kier molecular flexibility index (Phi) is 5.33. The van der Waals surface area contributed by atoms with Crippen LogP contribution in [-0.4, -0.2) is 32.0 Å². The molecule has 1 N–H and O–H groups in total. The fourth-order valence-electron chi connectivity index (χ4n) is 2.60. The largest absolute Gasteiger partial charge is 0.573 e. The molecule has 2 rings (SSSR count). The summed E-state index contributed by atoms with van der Waals surface area (Å²) in [7, 11) is 0. The van der Waals surface area contributed by atoms with Gasteiger partial charge < -0.3 is 15.0 Å². The molecule has 1 aliphatic heterocycles. The van der Waals surface area contributed by atoms with Crippen molar-refractivity contribution >= 4 is 5.69 Å². The Hall–Kier alpha value is -1.43. The molecule has 0 spiro atoms. The highest BCUT2D eigenvalue weighted by Gasteiger charge is 2.31. The van der Waals surface area contributed by atoms with Crippen LogP contribution >= 0.6 is 0 Å². The molecule has 0 amide bonds. The number of nitrogens with one attached hydrogen (secondary N) is 1. The molecular weight excluding hydrogens is 281 g/mol. The van der Waals surface area contributed by atoms with Crippen LogP contribution in [0, 0.1) is 0 Å². The lowest BCUT2D eigenvalue weighted by molar-refractivity contribution is -0.274. The molecular formula is C15H21F3N2O. The second kappa shape index (κ2) is 7.02. The quantitative estimate of drug-likeness (QED) is 0.900. The normalized spacial score (nSPS) is 19.6. The van der Waals surface area contributed by atoms with Crippen molar-refractivity contribution in [1.29, 1.82) is 0 Å². The van der Waals surface area contributed by atoms with Crippen LogP contribution < -0.4 is 15.0 Å². The van der Waals surface area contributed by atoms with E-state index in [-0.39, 0.29) is 5.75 Å². The summed E-state index contributed by atoms with van der Waals surface area (Å²) < 4.78 is 40.8. The molecule has 0 aromatic heterocycles. The van der Waals surface area contributed by atoms with Crippen molar-refractivity contribution in [3.63, 3.8) is 0 Å². The lowest BCUT2D eigenvalue weighted by atomic mass is 10.0. The van der Waals surface area contributed by atoms with Gasteiger partial charge in [-0.3, -0.25) is 0 Å². The van der Waals surface area contributed by atoms with Gasteiger partial charge in [-0.15, -0.1) is 13.2 Å². The van der Waals surface area contributed by atoms with Crippen LogP contribution in [0.5, 0.6) is 5.75 Å². The molecule has 0 aliphatic carbocycles. The molecule has 1 saturated heterocycles. The van der Waals surface area contributed by atoms with Crippen molar-refractivity contribution in [2.45, 2.75) is 38.6 Å². The highest BCUT2D eigenvalue weighted by molar-refractivity contribution is 5.51. The summed E-state index contributed by atoms with van der Waals surface area (Å²) in [5, 5.41) is 3.47. The summed E-state index contributed by atoms with van der Waals surface area (Å²) >= 11 is 0. The number of halogens is 3.